The Kier molecular flexibility index (Phi) is 6.84. The van der Waals surface area contributed by atoms with Crippen LogP contribution in [0.25, 0.3) is 10.6 Å². The standard InChI is InChI=1S/C20H18F3N3O4S2/c1-12-6-7-15(27)13(10-12)24-18(28)5-3-9-32(29,30)19-25-14(16-4-2-8-31-16)11-17(26-19)20(21,22)23/h2,4,6-8,10-11,27H,3,5,9H2,1H3,(H,24,28). The molecule has 7 nitrogen and oxygen atoms in total. The molecule has 12 heteroatoms. The van der Waals surface area contributed by atoms with E-state index in [2.05, 4.69) is 15.3 Å². The van der Waals surface area contributed by atoms with Crippen LogP contribution in [0.4, 0.5) is 18.9 Å². The largest absolute Gasteiger partial charge is 0.506 e. The molecule has 170 valence electrons. The second-order valence-electron chi connectivity index (χ2n) is 6.89. The fourth-order valence-electron chi connectivity index (χ4n) is 2.74. The molecule has 1 aromatic carbocycles. The Hall–Kier alpha value is -2.99. The van der Waals surface area contributed by atoms with Crippen molar-refractivity contribution < 1.29 is 31.5 Å². The number of phenols is 1. The monoisotopic (exact) mass is 485 g/mol. The van der Waals surface area contributed by atoms with Gasteiger partial charge in [-0.25, -0.2) is 18.4 Å². The van der Waals surface area contributed by atoms with Crippen LogP contribution in [-0.2, 0) is 20.8 Å². The van der Waals surface area contributed by atoms with Gasteiger partial charge in [0.05, 0.1) is 22.0 Å². The molecule has 3 aromatic rings. The molecule has 0 atom stereocenters. The van der Waals surface area contributed by atoms with Crippen LogP contribution in [0.1, 0.15) is 24.1 Å². The lowest BCUT2D eigenvalue weighted by molar-refractivity contribution is -0.141. The van der Waals surface area contributed by atoms with E-state index in [1.807, 2.05) is 0 Å². The van der Waals surface area contributed by atoms with Crippen LogP contribution in [0.15, 0.2) is 46.9 Å². The smallest absolute Gasteiger partial charge is 0.433 e. The van der Waals surface area contributed by atoms with Gasteiger partial charge in [0.25, 0.3) is 0 Å². The number of hydrogen-bond donors (Lipinski definition) is 2. The highest BCUT2D eigenvalue weighted by Gasteiger charge is 2.35. The van der Waals surface area contributed by atoms with Crippen LogP contribution in [0.3, 0.4) is 0 Å². The van der Waals surface area contributed by atoms with Crippen LogP contribution < -0.4 is 5.32 Å². The fourth-order valence-corrected chi connectivity index (χ4v) is 4.60. The number of thiophene rings is 1. The van der Waals surface area contributed by atoms with Gasteiger partial charge in [-0.15, -0.1) is 11.3 Å². The molecule has 0 unspecified atom stereocenters. The molecule has 0 bridgehead atoms. The molecular weight excluding hydrogens is 467 g/mol. The van der Waals surface area contributed by atoms with Crippen LogP contribution in [0.5, 0.6) is 5.75 Å². The number of nitrogens with zero attached hydrogens (tertiary/aromatic N) is 2. The number of halogens is 3. The van der Waals surface area contributed by atoms with Crippen LogP contribution in [0, 0.1) is 6.92 Å². The molecule has 0 saturated heterocycles. The van der Waals surface area contributed by atoms with Gasteiger partial charge in [0.15, 0.2) is 0 Å². The van der Waals surface area contributed by atoms with Gasteiger partial charge < -0.3 is 10.4 Å². The average Bonchev–Trinajstić information content (AvgIpc) is 3.24. The number of nitrogens with one attached hydrogen (secondary N) is 1. The Balaban J connectivity index is 1.74. The molecule has 0 aliphatic heterocycles. The van der Waals surface area contributed by atoms with Crippen molar-refractivity contribution in [3.63, 3.8) is 0 Å². The minimum absolute atomic E-state index is 0.143. The van der Waals surface area contributed by atoms with Crippen molar-refractivity contribution in [1.82, 2.24) is 9.97 Å². The Bertz CT molecular complexity index is 1230. The molecular formula is C20H18F3N3O4S2. The molecule has 2 heterocycles. The number of aryl methyl sites for hydroxylation is 1. The number of hydrogen-bond acceptors (Lipinski definition) is 7. The molecule has 0 fully saturated rings. The Labute approximate surface area is 185 Å². The van der Waals surface area contributed by atoms with Gasteiger partial charge >= 0.3 is 6.18 Å². The SMILES string of the molecule is Cc1ccc(O)c(NC(=O)CCCS(=O)(=O)c2nc(-c3cccs3)cc(C(F)(F)F)n2)c1. The zero-order valence-corrected chi connectivity index (χ0v) is 18.3. The third-order valence-electron chi connectivity index (χ3n) is 4.29. The summed E-state index contributed by atoms with van der Waals surface area (Å²) >= 11 is 1.11. The molecule has 2 aromatic heterocycles. The Morgan fingerprint density at radius 3 is 2.59 bits per heavy atom. The number of anilines is 1. The summed E-state index contributed by atoms with van der Waals surface area (Å²) in [5.74, 6) is -1.31. The van der Waals surface area contributed by atoms with Crippen molar-refractivity contribution >= 4 is 32.8 Å². The minimum atomic E-state index is -4.85. The molecule has 2 N–H and O–H groups in total. The zero-order chi connectivity index (χ0) is 23.5. The van der Waals surface area contributed by atoms with E-state index in [-0.39, 0.29) is 30.0 Å². The van der Waals surface area contributed by atoms with Gasteiger partial charge in [0, 0.05) is 6.42 Å². The quantitative estimate of drug-likeness (QED) is 0.379. The predicted octanol–water partition coefficient (Wildman–Crippen LogP) is 4.43. The first kappa shape index (κ1) is 23.7. The fraction of sp³-hybridized carbons (Fsp3) is 0.250. The lowest BCUT2D eigenvalue weighted by Crippen LogP contribution is -2.18. The summed E-state index contributed by atoms with van der Waals surface area (Å²) in [7, 11) is -4.29. The first-order valence-corrected chi connectivity index (χ1v) is 11.8. The minimum Gasteiger partial charge on any atom is -0.506 e. The second kappa shape index (κ2) is 9.25. The maximum absolute atomic E-state index is 13.2. The highest BCUT2D eigenvalue weighted by molar-refractivity contribution is 7.91. The molecule has 0 aliphatic rings. The van der Waals surface area contributed by atoms with Crippen LogP contribution >= 0.6 is 11.3 Å². The normalized spacial score (nSPS) is 12.0. The topological polar surface area (TPSA) is 109 Å². The zero-order valence-electron chi connectivity index (χ0n) is 16.7. The maximum Gasteiger partial charge on any atom is 0.433 e. The maximum atomic E-state index is 13.2. The number of aromatic hydroxyl groups is 1. The molecule has 0 spiro atoms. The van der Waals surface area contributed by atoms with E-state index in [0.717, 1.165) is 16.9 Å². The Morgan fingerprint density at radius 1 is 1.19 bits per heavy atom. The Morgan fingerprint density at radius 2 is 1.94 bits per heavy atom. The number of sulfone groups is 1. The summed E-state index contributed by atoms with van der Waals surface area (Å²) in [6.07, 6.45) is -5.26. The lowest BCUT2D eigenvalue weighted by atomic mass is 10.2. The van der Waals surface area contributed by atoms with E-state index in [9.17, 15) is 31.5 Å². The number of carbonyl (C=O) groups is 1. The van der Waals surface area contributed by atoms with E-state index in [1.165, 1.54) is 12.1 Å². The number of benzene rings is 1. The van der Waals surface area contributed by atoms with E-state index in [1.54, 1.807) is 30.5 Å². The van der Waals surface area contributed by atoms with Crippen molar-refractivity contribution in [1.29, 1.82) is 0 Å². The molecule has 3 rings (SSSR count). The van der Waals surface area contributed by atoms with Gasteiger partial charge in [-0.1, -0.05) is 12.1 Å². The highest BCUT2D eigenvalue weighted by atomic mass is 32.2. The van der Waals surface area contributed by atoms with Gasteiger partial charge in [0.2, 0.25) is 20.9 Å². The number of aromatic nitrogens is 2. The number of rotatable bonds is 7. The molecule has 32 heavy (non-hydrogen) atoms. The van der Waals surface area contributed by atoms with Crippen molar-refractivity contribution in [2.75, 3.05) is 11.1 Å². The third kappa shape index (κ3) is 5.82. The number of phenolic OH excluding ortho intramolecular Hbond substituents is 1. The summed E-state index contributed by atoms with van der Waals surface area (Å²) in [5.41, 5.74) is -0.528. The summed E-state index contributed by atoms with van der Waals surface area (Å²) in [6, 6.07) is 8.44. The first-order valence-electron chi connectivity index (χ1n) is 9.28. The van der Waals surface area contributed by atoms with Gasteiger partial charge in [0.1, 0.15) is 11.4 Å². The van der Waals surface area contributed by atoms with E-state index in [0.29, 0.717) is 10.9 Å². The van der Waals surface area contributed by atoms with E-state index < -0.39 is 38.5 Å². The van der Waals surface area contributed by atoms with Gasteiger partial charge in [-0.05, 0) is 48.6 Å². The highest BCUT2D eigenvalue weighted by Crippen LogP contribution is 2.32. The summed E-state index contributed by atoms with van der Waals surface area (Å²) in [6.45, 7) is 1.77. The van der Waals surface area contributed by atoms with Gasteiger partial charge in [-0.2, -0.15) is 13.2 Å². The number of alkyl halides is 3. The van der Waals surface area contributed by atoms with E-state index in [4.69, 9.17) is 0 Å². The number of carbonyl (C=O) groups excluding carboxylic acids is 1. The van der Waals surface area contributed by atoms with Crippen molar-refractivity contribution in [3.8, 4) is 16.3 Å². The van der Waals surface area contributed by atoms with Crippen molar-refractivity contribution in [3.05, 3.63) is 53.0 Å². The lowest BCUT2D eigenvalue weighted by Gasteiger charge is -2.11. The predicted molar refractivity (Wildman–Crippen MR) is 113 cm³/mol. The van der Waals surface area contributed by atoms with E-state index >= 15 is 0 Å². The summed E-state index contributed by atoms with van der Waals surface area (Å²) in [5, 5.41) is 12.9. The molecule has 0 radical (unpaired) electrons. The molecule has 0 aliphatic carbocycles. The van der Waals surface area contributed by atoms with Crippen LogP contribution in [-0.4, -0.2) is 35.2 Å². The van der Waals surface area contributed by atoms with Crippen LogP contribution in [0.2, 0.25) is 0 Å². The first-order chi connectivity index (χ1) is 15.0. The number of amides is 1. The van der Waals surface area contributed by atoms with Crippen molar-refractivity contribution in [2.45, 2.75) is 31.1 Å². The molecule has 0 saturated carbocycles. The second-order valence-corrected chi connectivity index (χ2v) is 9.84. The van der Waals surface area contributed by atoms with Crippen molar-refractivity contribution in [2.24, 2.45) is 0 Å². The third-order valence-corrected chi connectivity index (χ3v) is 6.75. The molecule has 1 amide bonds. The summed E-state index contributed by atoms with van der Waals surface area (Å²) in [4.78, 5) is 19.5. The summed E-state index contributed by atoms with van der Waals surface area (Å²) < 4.78 is 65.0. The average molecular weight is 486 g/mol. The van der Waals surface area contributed by atoms with Gasteiger partial charge in [-0.3, -0.25) is 4.79 Å².